The third-order valence-corrected chi connectivity index (χ3v) is 4.60. The van der Waals surface area contributed by atoms with Crippen LogP contribution in [0, 0.1) is 0 Å². The summed E-state index contributed by atoms with van der Waals surface area (Å²) in [4.78, 5) is 5.44. The summed E-state index contributed by atoms with van der Waals surface area (Å²) in [6.45, 7) is 0. The summed E-state index contributed by atoms with van der Waals surface area (Å²) < 4.78 is 5.32. The molecule has 1 aromatic heterocycles. The molecule has 0 spiro atoms. The van der Waals surface area contributed by atoms with Gasteiger partial charge >= 0.3 is 0 Å². The van der Waals surface area contributed by atoms with Crippen LogP contribution in [-0.4, -0.2) is 16.4 Å². The molecule has 0 aliphatic carbocycles. The topological polar surface area (TPSA) is 38.9 Å². The van der Waals surface area contributed by atoms with Crippen molar-refractivity contribution in [3.63, 3.8) is 0 Å². The molecule has 0 aliphatic heterocycles. The molecule has 7 heteroatoms. The standard InChI is InChI=1S/C15H9Cl3N2OS/c1-22-9-3-5-12(17)11(7-9)15-19-14(20-21-15)10-4-2-8(16)6-13(10)18/h2-7H,1H3. The molecule has 0 atom stereocenters. The van der Waals surface area contributed by atoms with Crippen molar-refractivity contribution in [2.24, 2.45) is 0 Å². The predicted molar refractivity (Wildman–Crippen MR) is 92.0 cm³/mol. The summed E-state index contributed by atoms with van der Waals surface area (Å²) >= 11 is 19.9. The number of nitrogens with zero attached hydrogens (tertiary/aromatic N) is 2. The number of hydrogen-bond acceptors (Lipinski definition) is 4. The Balaban J connectivity index is 2.04. The molecule has 3 rings (SSSR count). The van der Waals surface area contributed by atoms with Crippen molar-refractivity contribution in [3.05, 3.63) is 51.5 Å². The van der Waals surface area contributed by atoms with Gasteiger partial charge in [-0.3, -0.25) is 0 Å². The van der Waals surface area contributed by atoms with Crippen LogP contribution in [0.4, 0.5) is 0 Å². The van der Waals surface area contributed by atoms with Gasteiger partial charge in [0.15, 0.2) is 0 Å². The Morgan fingerprint density at radius 3 is 2.50 bits per heavy atom. The molecule has 0 saturated heterocycles. The second kappa shape index (κ2) is 6.50. The molecule has 0 saturated carbocycles. The van der Waals surface area contributed by atoms with E-state index in [-0.39, 0.29) is 0 Å². The van der Waals surface area contributed by atoms with Gasteiger partial charge in [0.1, 0.15) is 0 Å². The minimum Gasteiger partial charge on any atom is -0.334 e. The smallest absolute Gasteiger partial charge is 0.259 e. The Morgan fingerprint density at radius 1 is 0.955 bits per heavy atom. The first kappa shape index (κ1) is 15.7. The highest BCUT2D eigenvalue weighted by molar-refractivity contribution is 7.98. The van der Waals surface area contributed by atoms with Gasteiger partial charge in [-0.1, -0.05) is 40.0 Å². The molecule has 0 bridgehead atoms. The summed E-state index contributed by atoms with van der Waals surface area (Å²) in [5.41, 5.74) is 1.34. The first-order chi connectivity index (χ1) is 10.6. The molecule has 112 valence electrons. The van der Waals surface area contributed by atoms with E-state index in [0.717, 1.165) is 4.90 Å². The Morgan fingerprint density at radius 2 is 1.77 bits per heavy atom. The molecule has 0 N–H and O–H groups in total. The van der Waals surface area contributed by atoms with E-state index in [1.807, 2.05) is 24.5 Å². The van der Waals surface area contributed by atoms with Gasteiger partial charge in [0.25, 0.3) is 5.89 Å². The van der Waals surface area contributed by atoms with Crippen LogP contribution in [0.2, 0.25) is 15.1 Å². The highest BCUT2D eigenvalue weighted by atomic mass is 35.5. The zero-order valence-electron chi connectivity index (χ0n) is 11.3. The van der Waals surface area contributed by atoms with Crippen LogP contribution in [0.1, 0.15) is 0 Å². The maximum absolute atomic E-state index is 6.21. The third kappa shape index (κ3) is 3.10. The van der Waals surface area contributed by atoms with Gasteiger partial charge < -0.3 is 4.52 Å². The molecule has 0 fully saturated rings. The van der Waals surface area contributed by atoms with E-state index in [2.05, 4.69) is 10.1 Å². The van der Waals surface area contributed by atoms with Gasteiger partial charge in [-0.05, 0) is 42.7 Å². The van der Waals surface area contributed by atoms with Crippen LogP contribution >= 0.6 is 46.6 Å². The number of halogens is 3. The van der Waals surface area contributed by atoms with Crippen molar-refractivity contribution in [1.82, 2.24) is 10.1 Å². The Labute approximate surface area is 146 Å². The minimum atomic E-state index is 0.349. The fraction of sp³-hybridized carbons (Fsp3) is 0.0667. The van der Waals surface area contributed by atoms with Gasteiger partial charge in [-0.25, -0.2) is 0 Å². The molecule has 22 heavy (non-hydrogen) atoms. The zero-order chi connectivity index (χ0) is 15.7. The quantitative estimate of drug-likeness (QED) is 0.522. The molecular formula is C15H9Cl3N2OS. The van der Waals surface area contributed by atoms with Crippen molar-refractivity contribution in [1.29, 1.82) is 0 Å². The van der Waals surface area contributed by atoms with E-state index in [4.69, 9.17) is 39.3 Å². The summed E-state index contributed by atoms with van der Waals surface area (Å²) in [7, 11) is 0. The van der Waals surface area contributed by atoms with Crippen LogP contribution in [-0.2, 0) is 0 Å². The van der Waals surface area contributed by atoms with E-state index < -0.39 is 0 Å². The van der Waals surface area contributed by atoms with Crippen LogP contribution in [0.25, 0.3) is 22.8 Å². The SMILES string of the molecule is CSc1ccc(Cl)c(-c2nc(-c3ccc(Cl)cc3Cl)no2)c1. The average Bonchev–Trinajstić information content (AvgIpc) is 2.97. The van der Waals surface area contributed by atoms with Crippen molar-refractivity contribution in [2.75, 3.05) is 6.26 Å². The molecular weight excluding hydrogens is 363 g/mol. The molecule has 0 amide bonds. The largest absolute Gasteiger partial charge is 0.334 e. The lowest BCUT2D eigenvalue weighted by Gasteiger charge is -2.01. The van der Waals surface area contributed by atoms with Crippen molar-refractivity contribution in [3.8, 4) is 22.8 Å². The summed E-state index contributed by atoms with van der Waals surface area (Å²) in [6, 6.07) is 10.8. The van der Waals surface area contributed by atoms with Gasteiger partial charge in [0.2, 0.25) is 5.82 Å². The normalized spacial score (nSPS) is 10.9. The van der Waals surface area contributed by atoms with E-state index in [1.165, 1.54) is 0 Å². The monoisotopic (exact) mass is 370 g/mol. The first-order valence-corrected chi connectivity index (χ1v) is 8.57. The van der Waals surface area contributed by atoms with Crippen LogP contribution in [0.15, 0.2) is 45.8 Å². The van der Waals surface area contributed by atoms with E-state index in [0.29, 0.717) is 37.9 Å². The Kier molecular flexibility index (Phi) is 4.64. The fourth-order valence-electron chi connectivity index (χ4n) is 1.91. The number of thioether (sulfide) groups is 1. The van der Waals surface area contributed by atoms with Gasteiger partial charge in [0, 0.05) is 15.5 Å². The molecule has 1 heterocycles. The van der Waals surface area contributed by atoms with Gasteiger partial charge in [-0.15, -0.1) is 11.8 Å². The van der Waals surface area contributed by atoms with E-state index in [9.17, 15) is 0 Å². The van der Waals surface area contributed by atoms with Crippen molar-refractivity contribution in [2.45, 2.75) is 4.90 Å². The van der Waals surface area contributed by atoms with Crippen LogP contribution < -0.4 is 0 Å². The van der Waals surface area contributed by atoms with Gasteiger partial charge in [0.05, 0.1) is 15.6 Å². The highest BCUT2D eigenvalue weighted by Gasteiger charge is 2.16. The number of aromatic nitrogens is 2. The number of hydrogen-bond donors (Lipinski definition) is 0. The van der Waals surface area contributed by atoms with E-state index in [1.54, 1.807) is 30.0 Å². The maximum atomic E-state index is 6.21. The lowest BCUT2D eigenvalue weighted by atomic mass is 10.2. The second-order valence-electron chi connectivity index (χ2n) is 4.39. The molecule has 0 aliphatic rings. The second-order valence-corrected chi connectivity index (χ2v) is 6.52. The van der Waals surface area contributed by atoms with Crippen LogP contribution in [0.5, 0.6) is 0 Å². The summed E-state index contributed by atoms with van der Waals surface area (Å²) in [6.07, 6.45) is 1.99. The van der Waals surface area contributed by atoms with E-state index >= 15 is 0 Å². The molecule has 3 aromatic rings. The lowest BCUT2D eigenvalue weighted by Crippen LogP contribution is -1.84. The molecule has 3 nitrogen and oxygen atoms in total. The lowest BCUT2D eigenvalue weighted by molar-refractivity contribution is 0.432. The zero-order valence-corrected chi connectivity index (χ0v) is 14.4. The van der Waals surface area contributed by atoms with Crippen LogP contribution in [0.3, 0.4) is 0 Å². The Bertz CT molecular complexity index is 835. The predicted octanol–water partition coefficient (Wildman–Crippen LogP) is 6.09. The Hall–Kier alpha value is -1.20. The fourth-order valence-corrected chi connectivity index (χ4v) is 3.04. The highest BCUT2D eigenvalue weighted by Crippen LogP contribution is 2.33. The van der Waals surface area contributed by atoms with Crippen molar-refractivity contribution < 1.29 is 4.52 Å². The van der Waals surface area contributed by atoms with Gasteiger partial charge in [-0.2, -0.15) is 4.98 Å². The third-order valence-electron chi connectivity index (χ3n) is 3.00. The molecule has 2 aromatic carbocycles. The average molecular weight is 372 g/mol. The molecule has 0 unspecified atom stereocenters. The maximum Gasteiger partial charge on any atom is 0.259 e. The first-order valence-electron chi connectivity index (χ1n) is 6.21. The summed E-state index contributed by atoms with van der Waals surface area (Å²) in [5.74, 6) is 0.740. The minimum absolute atomic E-state index is 0.349. The number of benzene rings is 2. The van der Waals surface area contributed by atoms with Crippen molar-refractivity contribution >= 4 is 46.6 Å². The summed E-state index contributed by atoms with van der Waals surface area (Å²) in [5, 5.41) is 5.53. The number of rotatable bonds is 3. The molecule has 0 radical (unpaired) electrons.